The summed E-state index contributed by atoms with van der Waals surface area (Å²) in [5.74, 6) is 0.108. The van der Waals surface area contributed by atoms with Gasteiger partial charge in [0, 0.05) is 32.6 Å². The number of hydrogen-bond acceptors (Lipinski definition) is 4. The highest BCUT2D eigenvalue weighted by Gasteiger charge is 2.37. The number of amides is 2. The maximum Gasteiger partial charge on any atom is 0.317 e. The number of piperidine rings is 1. The highest BCUT2D eigenvalue weighted by molar-refractivity contribution is 5.76. The molecule has 1 aliphatic heterocycles. The third-order valence-electron chi connectivity index (χ3n) is 4.31. The monoisotopic (exact) mass is 309 g/mol. The van der Waals surface area contributed by atoms with Gasteiger partial charge in [-0.25, -0.2) is 4.79 Å². The first-order valence-electron chi connectivity index (χ1n) is 7.59. The predicted octanol–water partition coefficient (Wildman–Crippen LogP) is 0.737. The van der Waals surface area contributed by atoms with Crippen LogP contribution < -0.4 is 5.32 Å². The van der Waals surface area contributed by atoms with Crippen LogP contribution in [0.3, 0.4) is 0 Å². The largest absolute Gasteiger partial charge is 0.481 e. The second-order valence-corrected chi connectivity index (χ2v) is 5.88. The molecule has 0 bridgehead atoms. The first-order valence-corrected chi connectivity index (χ1v) is 7.59. The molecule has 0 atom stereocenters. The van der Waals surface area contributed by atoms with Crippen LogP contribution in [-0.4, -0.2) is 56.4 Å². The summed E-state index contributed by atoms with van der Waals surface area (Å²) in [5.41, 5.74) is -0.713. The molecule has 0 spiro atoms. The van der Waals surface area contributed by atoms with Crippen LogP contribution in [0, 0.1) is 5.41 Å². The molecular formula is C14H23N5O3. The molecule has 0 unspecified atom stereocenters. The summed E-state index contributed by atoms with van der Waals surface area (Å²) in [6, 6.07) is -0.140. The van der Waals surface area contributed by atoms with Crippen molar-refractivity contribution in [3.63, 3.8) is 0 Å². The molecular weight excluding hydrogens is 286 g/mol. The first kappa shape index (κ1) is 16.3. The van der Waals surface area contributed by atoms with Gasteiger partial charge in [-0.15, -0.1) is 10.2 Å². The van der Waals surface area contributed by atoms with Crippen LogP contribution in [0.5, 0.6) is 0 Å². The Kier molecular flexibility index (Phi) is 4.99. The highest BCUT2D eigenvalue weighted by Crippen LogP contribution is 2.30. The van der Waals surface area contributed by atoms with Gasteiger partial charge >= 0.3 is 12.0 Å². The van der Waals surface area contributed by atoms with E-state index in [0.29, 0.717) is 39.0 Å². The predicted molar refractivity (Wildman–Crippen MR) is 79.3 cm³/mol. The molecule has 22 heavy (non-hydrogen) atoms. The van der Waals surface area contributed by atoms with E-state index < -0.39 is 11.4 Å². The zero-order valence-corrected chi connectivity index (χ0v) is 13.1. The Morgan fingerprint density at radius 2 is 2.09 bits per heavy atom. The number of urea groups is 1. The number of carbonyl (C=O) groups is 2. The molecule has 122 valence electrons. The summed E-state index contributed by atoms with van der Waals surface area (Å²) in [7, 11) is 0. The van der Waals surface area contributed by atoms with Crippen molar-refractivity contribution in [1.82, 2.24) is 25.0 Å². The smallest absolute Gasteiger partial charge is 0.317 e. The number of rotatable bonds is 5. The molecule has 0 aromatic carbocycles. The van der Waals surface area contributed by atoms with Crippen molar-refractivity contribution in [2.24, 2.45) is 5.41 Å². The second kappa shape index (κ2) is 6.76. The van der Waals surface area contributed by atoms with E-state index >= 15 is 0 Å². The fourth-order valence-electron chi connectivity index (χ4n) is 2.55. The normalized spacial score (nSPS) is 17.3. The lowest BCUT2D eigenvalue weighted by Crippen LogP contribution is -2.49. The summed E-state index contributed by atoms with van der Waals surface area (Å²) < 4.78 is 1.91. The van der Waals surface area contributed by atoms with Crippen LogP contribution in [0.1, 0.15) is 32.5 Å². The molecule has 0 radical (unpaired) electrons. The number of aliphatic carboxylic acids is 1. The van der Waals surface area contributed by atoms with Crippen LogP contribution in [0.15, 0.2) is 6.33 Å². The lowest BCUT2D eigenvalue weighted by molar-refractivity contribution is -0.150. The SMILES string of the molecule is CCc1nncn1CCNC(=O)N1CCC(C)(C(=O)O)CC1. The van der Waals surface area contributed by atoms with Gasteiger partial charge in [-0.3, -0.25) is 4.79 Å². The molecule has 0 saturated carbocycles. The Balaban J connectivity index is 1.76. The molecule has 2 heterocycles. The summed E-state index contributed by atoms with van der Waals surface area (Å²) in [5, 5.41) is 19.9. The van der Waals surface area contributed by atoms with E-state index in [4.69, 9.17) is 0 Å². The van der Waals surface area contributed by atoms with Crippen molar-refractivity contribution in [2.45, 2.75) is 39.7 Å². The number of nitrogens with zero attached hydrogens (tertiary/aromatic N) is 4. The molecule has 2 amide bonds. The number of carboxylic acid groups (broad SMARTS) is 1. The lowest BCUT2D eigenvalue weighted by Gasteiger charge is -2.36. The summed E-state index contributed by atoms with van der Waals surface area (Å²) >= 11 is 0. The van der Waals surface area contributed by atoms with Crippen LogP contribution >= 0.6 is 0 Å². The topological polar surface area (TPSA) is 100 Å². The van der Waals surface area contributed by atoms with Crippen molar-refractivity contribution >= 4 is 12.0 Å². The molecule has 8 heteroatoms. The minimum atomic E-state index is -0.785. The molecule has 1 fully saturated rings. The molecule has 2 N–H and O–H groups in total. The molecule has 1 aromatic rings. The Bertz CT molecular complexity index is 534. The van der Waals surface area contributed by atoms with E-state index in [1.54, 1.807) is 18.2 Å². The number of carboxylic acids is 1. The summed E-state index contributed by atoms with van der Waals surface area (Å²) in [6.07, 6.45) is 3.43. The van der Waals surface area contributed by atoms with Gasteiger partial charge < -0.3 is 19.9 Å². The Labute approximate surface area is 129 Å². The quantitative estimate of drug-likeness (QED) is 0.835. The van der Waals surface area contributed by atoms with E-state index in [1.807, 2.05) is 11.5 Å². The van der Waals surface area contributed by atoms with Crippen LogP contribution in [0.25, 0.3) is 0 Å². The number of nitrogens with one attached hydrogen (secondary N) is 1. The third-order valence-corrected chi connectivity index (χ3v) is 4.31. The van der Waals surface area contributed by atoms with E-state index in [1.165, 1.54) is 0 Å². The van der Waals surface area contributed by atoms with Crippen molar-refractivity contribution < 1.29 is 14.7 Å². The number of hydrogen-bond donors (Lipinski definition) is 2. The van der Waals surface area contributed by atoms with Gasteiger partial charge in [0.05, 0.1) is 5.41 Å². The maximum absolute atomic E-state index is 12.1. The van der Waals surface area contributed by atoms with Gasteiger partial charge in [0.25, 0.3) is 0 Å². The molecule has 8 nitrogen and oxygen atoms in total. The van der Waals surface area contributed by atoms with Crippen molar-refractivity contribution in [2.75, 3.05) is 19.6 Å². The lowest BCUT2D eigenvalue weighted by atomic mass is 9.80. The van der Waals surface area contributed by atoms with Gasteiger partial charge in [-0.05, 0) is 19.8 Å². The second-order valence-electron chi connectivity index (χ2n) is 5.88. The molecule has 1 aromatic heterocycles. The Hall–Kier alpha value is -2.12. The number of aryl methyl sites for hydroxylation is 1. The molecule has 1 saturated heterocycles. The van der Waals surface area contributed by atoms with E-state index in [2.05, 4.69) is 15.5 Å². The maximum atomic E-state index is 12.1. The first-order chi connectivity index (χ1) is 10.5. The van der Waals surface area contributed by atoms with Crippen molar-refractivity contribution in [1.29, 1.82) is 0 Å². The minimum Gasteiger partial charge on any atom is -0.481 e. The fraction of sp³-hybridized carbons (Fsp3) is 0.714. The van der Waals surface area contributed by atoms with Crippen LogP contribution in [-0.2, 0) is 17.8 Å². The number of likely N-dealkylation sites (tertiary alicyclic amines) is 1. The zero-order chi connectivity index (χ0) is 16.2. The minimum absolute atomic E-state index is 0.140. The Morgan fingerprint density at radius 3 is 2.68 bits per heavy atom. The third kappa shape index (κ3) is 3.55. The van der Waals surface area contributed by atoms with E-state index in [9.17, 15) is 14.7 Å². The van der Waals surface area contributed by atoms with Crippen molar-refractivity contribution in [3.05, 3.63) is 12.2 Å². The van der Waals surface area contributed by atoms with E-state index in [-0.39, 0.29) is 6.03 Å². The Morgan fingerprint density at radius 1 is 1.41 bits per heavy atom. The van der Waals surface area contributed by atoms with Gasteiger partial charge in [0.15, 0.2) is 0 Å². The van der Waals surface area contributed by atoms with Crippen molar-refractivity contribution in [3.8, 4) is 0 Å². The zero-order valence-electron chi connectivity index (χ0n) is 13.1. The molecule has 2 rings (SSSR count). The molecule has 1 aliphatic rings. The molecule has 0 aliphatic carbocycles. The van der Waals surface area contributed by atoms with E-state index in [0.717, 1.165) is 12.2 Å². The standard InChI is InChI=1S/C14H23N5O3/c1-3-11-17-16-10-19(11)9-6-15-13(22)18-7-4-14(2,5-8-18)12(20)21/h10H,3-9H2,1-2H3,(H,15,22)(H,20,21). The average Bonchev–Trinajstić information content (AvgIpc) is 2.95. The fourth-order valence-corrected chi connectivity index (χ4v) is 2.55. The van der Waals surface area contributed by atoms with Crippen LogP contribution in [0.4, 0.5) is 4.79 Å². The van der Waals surface area contributed by atoms with Crippen LogP contribution in [0.2, 0.25) is 0 Å². The average molecular weight is 309 g/mol. The van der Waals surface area contributed by atoms with Gasteiger partial charge in [0.2, 0.25) is 0 Å². The summed E-state index contributed by atoms with van der Waals surface area (Å²) in [4.78, 5) is 24.9. The summed E-state index contributed by atoms with van der Waals surface area (Å²) in [6.45, 7) is 5.82. The van der Waals surface area contributed by atoms with Gasteiger partial charge in [0.1, 0.15) is 12.2 Å². The van der Waals surface area contributed by atoms with Gasteiger partial charge in [-0.1, -0.05) is 6.92 Å². The highest BCUT2D eigenvalue weighted by atomic mass is 16.4. The number of carbonyl (C=O) groups excluding carboxylic acids is 1. The van der Waals surface area contributed by atoms with Gasteiger partial charge in [-0.2, -0.15) is 0 Å². The number of aromatic nitrogens is 3.